The topological polar surface area (TPSA) is 63.4 Å². The van der Waals surface area contributed by atoms with E-state index in [9.17, 15) is 9.59 Å². The van der Waals surface area contributed by atoms with Crippen LogP contribution in [0.1, 0.15) is 30.4 Å². The van der Waals surface area contributed by atoms with Crippen molar-refractivity contribution in [2.45, 2.75) is 19.3 Å². The van der Waals surface area contributed by atoms with Crippen LogP contribution in [0.5, 0.6) is 0 Å². The highest BCUT2D eigenvalue weighted by Gasteiger charge is 2.24. The Hall–Kier alpha value is -2.62. The molecule has 0 aliphatic carbocycles. The number of nitrogens with zero attached hydrogens (tertiary/aromatic N) is 1. The summed E-state index contributed by atoms with van der Waals surface area (Å²) in [6.07, 6.45) is 0.249. The lowest BCUT2D eigenvalue weighted by atomic mass is 9.91. The van der Waals surface area contributed by atoms with E-state index in [4.69, 9.17) is 5.73 Å². The molecule has 0 aromatic heterocycles. The molecule has 4 heteroatoms. The van der Waals surface area contributed by atoms with Crippen LogP contribution >= 0.6 is 0 Å². The smallest absolute Gasteiger partial charge is 0.321 e. The van der Waals surface area contributed by atoms with Crippen molar-refractivity contribution >= 4 is 11.9 Å². The minimum atomic E-state index is -0.705. The molecule has 4 nitrogen and oxygen atoms in total. The van der Waals surface area contributed by atoms with Gasteiger partial charge in [0.1, 0.15) is 0 Å². The minimum absolute atomic E-state index is 0.0922. The highest BCUT2D eigenvalue weighted by Crippen LogP contribution is 2.25. The molecule has 0 unspecified atom stereocenters. The summed E-state index contributed by atoms with van der Waals surface area (Å²) in [6, 6.07) is 18.9. The predicted octanol–water partition coefficient (Wildman–Crippen LogP) is 3.14. The Balaban J connectivity index is 2.37. The van der Waals surface area contributed by atoms with Gasteiger partial charge in [-0.1, -0.05) is 67.6 Å². The Kier molecular flexibility index (Phi) is 5.31. The minimum Gasteiger partial charge on any atom is -0.351 e. The first-order valence-corrected chi connectivity index (χ1v) is 7.33. The average molecular weight is 296 g/mol. The van der Waals surface area contributed by atoms with Crippen molar-refractivity contribution in [2.24, 2.45) is 5.73 Å². The van der Waals surface area contributed by atoms with Crippen molar-refractivity contribution in [3.63, 3.8) is 0 Å². The number of amides is 3. The summed E-state index contributed by atoms with van der Waals surface area (Å²) < 4.78 is 0. The summed E-state index contributed by atoms with van der Waals surface area (Å²) in [6.45, 7) is 1.97. The molecule has 0 radical (unpaired) electrons. The van der Waals surface area contributed by atoms with E-state index >= 15 is 0 Å². The second kappa shape index (κ2) is 7.41. The SMILES string of the molecule is CCC(=O)N(CC(c1ccccc1)c1ccccc1)C(N)=O. The van der Waals surface area contributed by atoms with E-state index in [0.717, 1.165) is 16.0 Å². The number of hydrogen-bond donors (Lipinski definition) is 1. The van der Waals surface area contributed by atoms with Crippen LogP contribution < -0.4 is 5.73 Å². The van der Waals surface area contributed by atoms with E-state index in [0.29, 0.717) is 0 Å². The number of primary amides is 1. The number of carbonyl (C=O) groups excluding carboxylic acids is 2. The fourth-order valence-electron chi connectivity index (χ4n) is 2.46. The van der Waals surface area contributed by atoms with Crippen molar-refractivity contribution < 1.29 is 9.59 Å². The van der Waals surface area contributed by atoms with Crippen molar-refractivity contribution in [3.05, 3.63) is 71.8 Å². The molecule has 22 heavy (non-hydrogen) atoms. The zero-order chi connectivity index (χ0) is 15.9. The number of nitrogens with two attached hydrogens (primary N) is 1. The fraction of sp³-hybridized carbons (Fsp3) is 0.222. The highest BCUT2D eigenvalue weighted by molar-refractivity contribution is 5.93. The molecule has 0 saturated carbocycles. The molecule has 0 heterocycles. The zero-order valence-electron chi connectivity index (χ0n) is 12.6. The van der Waals surface area contributed by atoms with Crippen molar-refractivity contribution in [3.8, 4) is 0 Å². The van der Waals surface area contributed by atoms with Crippen LogP contribution in [0, 0.1) is 0 Å². The van der Waals surface area contributed by atoms with Gasteiger partial charge < -0.3 is 5.73 Å². The quantitative estimate of drug-likeness (QED) is 0.921. The first-order valence-electron chi connectivity index (χ1n) is 7.33. The first-order chi connectivity index (χ1) is 10.6. The van der Waals surface area contributed by atoms with Gasteiger partial charge in [-0.2, -0.15) is 0 Å². The second-order valence-electron chi connectivity index (χ2n) is 5.07. The summed E-state index contributed by atoms with van der Waals surface area (Å²) in [5, 5.41) is 0. The molecule has 0 spiro atoms. The Bertz CT molecular complexity index is 587. The molecule has 0 aliphatic heterocycles. The summed E-state index contributed by atoms with van der Waals surface area (Å²) >= 11 is 0. The lowest BCUT2D eigenvalue weighted by Gasteiger charge is -2.25. The van der Waals surface area contributed by atoms with Gasteiger partial charge in [-0.3, -0.25) is 9.69 Å². The standard InChI is InChI=1S/C18H20N2O2/c1-2-17(21)20(18(19)22)13-16(14-9-5-3-6-10-14)15-11-7-4-8-12-15/h3-12,16H,2,13H2,1H3,(H2,19,22). The Labute approximate surface area is 130 Å². The molecule has 3 amide bonds. The van der Waals surface area contributed by atoms with E-state index < -0.39 is 6.03 Å². The number of benzene rings is 2. The van der Waals surface area contributed by atoms with Crippen LogP contribution in [0.25, 0.3) is 0 Å². The fourth-order valence-corrected chi connectivity index (χ4v) is 2.46. The molecular formula is C18H20N2O2. The molecule has 114 valence electrons. The van der Waals surface area contributed by atoms with Crippen LogP contribution in [0.3, 0.4) is 0 Å². The van der Waals surface area contributed by atoms with Gasteiger partial charge in [0, 0.05) is 18.9 Å². The molecule has 0 fully saturated rings. The average Bonchev–Trinajstić information content (AvgIpc) is 2.56. The number of urea groups is 1. The van der Waals surface area contributed by atoms with E-state index in [1.807, 2.05) is 60.7 Å². The molecule has 0 atom stereocenters. The first kappa shape index (κ1) is 15.8. The van der Waals surface area contributed by atoms with E-state index in [2.05, 4.69) is 0 Å². The maximum absolute atomic E-state index is 12.0. The third kappa shape index (κ3) is 3.73. The van der Waals surface area contributed by atoms with Crippen LogP contribution in [-0.4, -0.2) is 23.4 Å². The maximum Gasteiger partial charge on any atom is 0.321 e. The Morgan fingerprint density at radius 2 is 1.41 bits per heavy atom. The van der Waals surface area contributed by atoms with E-state index in [1.165, 1.54) is 0 Å². The van der Waals surface area contributed by atoms with Crippen LogP contribution in [0.2, 0.25) is 0 Å². The Morgan fingerprint density at radius 1 is 0.955 bits per heavy atom. The molecule has 2 N–H and O–H groups in total. The molecule has 2 rings (SSSR count). The molecule has 2 aromatic rings. The van der Waals surface area contributed by atoms with Crippen LogP contribution in [0.15, 0.2) is 60.7 Å². The molecule has 0 bridgehead atoms. The van der Waals surface area contributed by atoms with E-state index in [-0.39, 0.29) is 24.8 Å². The van der Waals surface area contributed by atoms with Crippen LogP contribution in [-0.2, 0) is 4.79 Å². The largest absolute Gasteiger partial charge is 0.351 e. The lowest BCUT2D eigenvalue weighted by molar-refractivity contribution is -0.127. The number of rotatable bonds is 5. The van der Waals surface area contributed by atoms with Gasteiger partial charge >= 0.3 is 6.03 Å². The Morgan fingerprint density at radius 3 is 1.77 bits per heavy atom. The predicted molar refractivity (Wildman–Crippen MR) is 86.3 cm³/mol. The summed E-state index contributed by atoms with van der Waals surface area (Å²) in [5.74, 6) is -0.352. The summed E-state index contributed by atoms with van der Waals surface area (Å²) in [5.41, 5.74) is 7.47. The third-order valence-electron chi connectivity index (χ3n) is 3.64. The van der Waals surface area contributed by atoms with Gasteiger partial charge in [-0.15, -0.1) is 0 Å². The van der Waals surface area contributed by atoms with Gasteiger partial charge in [0.05, 0.1) is 0 Å². The van der Waals surface area contributed by atoms with Gasteiger partial charge in [-0.25, -0.2) is 4.79 Å². The van der Waals surface area contributed by atoms with Gasteiger partial charge in [0.2, 0.25) is 5.91 Å². The highest BCUT2D eigenvalue weighted by atomic mass is 16.2. The number of imide groups is 1. The number of carbonyl (C=O) groups is 2. The van der Waals surface area contributed by atoms with Gasteiger partial charge in [-0.05, 0) is 11.1 Å². The van der Waals surface area contributed by atoms with E-state index in [1.54, 1.807) is 6.92 Å². The van der Waals surface area contributed by atoms with Gasteiger partial charge in [0.25, 0.3) is 0 Å². The monoisotopic (exact) mass is 296 g/mol. The number of hydrogen-bond acceptors (Lipinski definition) is 2. The normalized spacial score (nSPS) is 10.5. The summed E-state index contributed by atoms with van der Waals surface area (Å²) in [7, 11) is 0. The third-order valence-corrected chi connectivity index (χ3v) is 3.64. The molecule has 0 saturated heterocycles. The maximum atomic E-state index is 12.0. The zero-order valence-corrected chi connectivity index (χ0v) is 12.6. The van der Waals surface area contributed by atoms with Crippen LogP contribution in [0.4, 0.5) is 4.79 Å². The lowest BCUT2D eigenvalue weighted by Crippen LogP contribution is -2.43. The molecular weight excluding hydrogens is 276 g/mol. The second-order valence-corrected chi connectivity index (χ2v) is 5.07. The molecule has 0 aliphatic rings. The van der Waals surface area contributed by atoms with Crippen molar-refractivity contribution in [1.82, 2.24) is 4.90 Å². The molecule has 2 aromatic carbocycles. The van der Waals surface area contributed by atoms with Crippen molar-refractivity contribution in [2.75, 3.05) is 6.54 Å². The summed E-state index contributed by atoms with van der Waals surface area (Å²) in [4.78, 5) is 24.7. The van der Waals surface area contributed by atoms with Crippen molar-refractivity contribution in [1.29, 1.82) is 0 Å². The van der Waals surface area contributed by atoms with Gasteiger partial charge in [0.15, 0.2) is 0 Å².